The Kier molecular flexibility index (Phi) is 4.39. The van der Waals surface area contributed by atoms with Crippen molar-refractivity contribution in [2.45, 2.75) is 23.1 Å². The van der Waals surface area contributed by atoms with E-state index in [9.17, 15) is 4.79 Å². The molecule has 0 aliphatic carbocycles. The van der Waals surface area contributed by atoms with Crippen molar-refractivity contribution < 1.29 is 4.79 Å². The van der Waals surface area contributed by atoms with Gasteiger partial charge in [0.2, 0.25) is 11.0 Å². The Labute approximate surface area is 130 Å². The summed E-state index contributed by atoms with van der Waals surface area (Å²) in [5, 5.41) is 15.1. The molecule has 1 aliphatic rings. The van der Waals surface area contributed by atoms with E-state index in [1.807, 2.05) is 11.0 Å². The highest BCUT2D eigenvalue weighted by Gasteiger charge is 2.25. The maximum Gasteiger partial charge on any atom is 0.233 e. The molecule has 9 heteroatoms. The first-order valence-corrected chi connectivity index (χ1v) is 8.51. The van der Waals surface area contributed by atoms with Crippen molar-refractivity contribution >= 4 is 34.1 Å². The van der Waals surface area contributed by atoms with Gasteiger partial charge in [-0.25, -0.2) is 0 Å². The molecule has 0 saturated carbocycles. The van der Waals surface area contributed by atoms with E-state index in [1.54, 1.807) is 6.20 Å². The van der Waals surface area contributed by atoms with Crippen molar-refractivity contribution in [2.75, 3.05) is 24.6 Å². The van der Waals surface area contributed by atoms with Gasteiger partial charge in [0.1, 0.15) is 0 Å². The van der Waals surface area contributed by atoms with Gasteiger partial charge in [0.15, 0.2) is 4.34 Å². The molecule has 1 amide bonds. The lowest BCUT2D eigenvalue weighted by Crippen LogP contribution is -2.40. The standard InChI is InChI=1S/C12H16N6OS2/c13-11-16-17-12(21-11)20-7-10(19)18-5-1-2-8(6-18)9-3-4-14-15-9/h3-4,8H,1-2,5-7H2,(H2,13,16)(H,14,15)/t8-/m0/s1. The van der Waals surface area contributed by atoms with Crippen molar-refractivity contribution in [3.63, 3.8) is 0 Å². The summed E-state index contributed by atoms with van der Waals surface area (Å²) in [6, 6.07) is 1.98. The number of carbonyl (C=O) groups excluding carboxylic acids is 1. The lowest BCUT2D eigenvalue weighted by atomic mass is 9.95. The lowest BCUT2D eigenvalue weighted by Gasteiger charge is -2.32. The van der Waals surface area contributed by atoms with Crippen molar-refractivity contribution in [1.29, 1.82) is 0 Å². The third kappa shape index (κ3) is 3.53. The summed E-state index contributed by atoms with van der Waals surface area (Å²) in [7, 11) is 0. The molecule has 7 nitrogen and oxygen atoms in total. The average Bonchev–Trinajstić information content (AvgIpc) is 3.16. The number of nitrogens with zero attached hydrogens (tertiary/aromatic N) is 4. The SMILES string of the molecule is Nc1nnc(SCC(=O)N2CCC[C@H](c3ccn[nH]3)C2)s1. The van der Waals surface area contributed by atoms with E-state index in [-0.39, 0.29) is 5.91 Å². The summed E-state index contributed by atoms with van der Waals surface area (Å²) >= 11 is 2.70. The van der Waals surface area contributed by atoms with Gasteiger partial charge in [0, 0.05) is 30.9 Å². The van der Waals surface area contributed by atoms with Crippen LogP contribution in [0.15, 0.2) is 16.6 Å². The number of hydrogen-bond donors (Lipinski definition) is 2. The lowest BCUT2D eigenvalue weighted by molar-refractivity contribution is -0.129. The molecule has 2 aromatic heterocycles. The van der Waals surface area contributed by atoms with Gasteiger partial charge in [-0.15, -0.1) is 10.2 Å². The summed E-state index contributed by atoms with van der Waals surface area (Å²) < 4.78 is 0.739. The van der Waals surface area contributed by atoms with Crippen molar-refractivity contribution in [3.8, 4) is 0 Å². The van der Waals surface area contributed by atoms with Crippen LogP contribution in [-0.4, -0.2) is 50.0 Å². The normalized spacial score (nSPS) is 18.9. The minimum atomic E-state index is 0.137. The number of H-pyrrole nitrogens is 1. The van der Waals surface area contributed by atoms with Crippen LogP contribution in [0.25, 0.3) is 0 Å². The summed E-state index contributed by atoms with van der Waals surface area (Å²) in [4.78, 5) is 14.2. The first kappa shape index (κ1) is 14.3. The first-order valence-electron chi connectivity index (χ1n) is 6.71. The van der Waals surface area contributed by atoms with Gasteiger partial charge in [0.25, 0.3) is 0 Å². The molecular weight excluding hydrogens is 308 g/mol. The molecule has 1 atom stereocenters. The number of nitrogen functional groups attached to an aromatic ring is 1. The number of rotatable bonds is 4. The summed E-state index contributed by atoms with van der Waals surface area (Å²) in [6.07, 6.45) is 3.86. The van der Waals surface area contributed by atoms with Crippen LogP contribution in [0.5, 0.6) is 0 Å². The van der Waals surface area contributed by atoms with Crippen LogP contribution in [-0.2, 0) is 4.79 Å². The number of anilines is 1. The molecular formula is C12H16N6OS2. The summed E-state index contributed by atoms with van der Waals surface area (Å²) in [5.41, 5.74) is 6.64. The van der Waals surface area contributed by atoms with Crippen LogP contribution in [0.2, 0.25) is 0 Å². The molecule has 0 spiro atoms. The fourth-order valence-corrected chi connectivity index (χ4v) is 3.98. The third-order valence-electron chi connectivity index (χ3n) is 3.48. The maximum absolute atomic E-state index is 12.3. The molecule has 3 heterocycles. The van der Waals surface area contributed by atoms with Crippen LogP contribution < -0.4 is 5.73 Å². The number of carbonyl (C=O) groups is 1. The second kappa shape index (κ2) is 6.44. The van der Waals surface area contributed by atoms with Crippen LogP contribution in [0.3, 0.4) is 0 Å². The molecule has 1 fully saturated rings. The van der Waals surface area contributed by atoms with Gasteiger partial charge in [-0.3, -0.25) is 9.89 Å². The Morgan fingerprint density at radius 3 is 3.19 bits per heavy atom. The summed E-state index contributed by atoms with van der Waals surface area (Å²) in [6.45, 7) is 1.57. The summed E-state index contributed by atoms with van der Waals surface area (Å²) in [5.74, 6) is 0.870. The number of thioether (sulfide) groups is 1. The number of aromatic amines is 1. The third-order valence-corrected chi connectivity index (χ3v) is 5.35. The van der Waals surface area contributed by atoms with Crippen molar-refractivity contribution in [2.24, 2.45) is 0 Å². The maximum atomic E-state index is 12.3. The molecule has 1 aliphatic heterocycles. The second-order valence-electron chi connectivity index (χ2n) is 4.89. The Hall–Kier alpha value is -1.61. The number of likely N-dealkylation sites (tertiary alicyclic amines) is 1. The van der Waals surface area contributed by atoms with Crippen LogP contribution >= 0.6 is 23.1 Å². The quantitative estimate of drug-likeness (QED) is 0.823. The number of amides is 1. The first-order chi connectivity index (χ1) is 10.2. The fraction of sp³-hybridized carbons (Fsp3) is 0.500. The van der Waals surface area contributed by atoms with Gasteiger partial charge in [-0.05, 0) is 18.9 Å². The van der Waals surface area contributed by atoms with Crippen LogP contribution in [0.4, 0.5) is 5.13 Å². The molecule has 2 aromatic rings. The highest BCUT2D eigenvalue weighted by atomic mass is 32.2. The Bertz CT molecular complexity index is 599. The predicted molar refractivity (Wildman–Crippen MR) is 82.2 cm³/mol. The molecule has 0 bridgehead atoms. The van der Waals surface area contributed by atoms with Crippen molar-refractivity contribution in [1.82, 2.24) is 25.3 Å². The highest BCUT2D eigenvalue weighted by Crippen LogP contribution is 2.27. The van der Waals surface area contributed by atoms with E-state index in [0.29, 0.717) is 16.8 Å². The van der Waals surface area contributed by atoms with E-state index in [4.69, 9.17) is 5.73 Å². The predicted octanol–water partition coefficient (Wildman–Crippen LogP) is 1.34. The molecule has 21 heavy (non-hydrogen) atoms. The average molecular weight is 324 g/mol. The zero-order chi connectivity index (χ0) is 14.7. The largest absolute Gasteiger partial charge is 0.374 e. The Morgan fingerprint density at radius 2 is 2.48 bits per heavy atom. The topological polar surface area (TPSA) is 101 Å². The molecule has 1 saturated heterocycles. The van der Waals surface area contributed by atoms with E-state index in [2.05, 4.69) is 20.4 Å². The molecule has 3 N–H and O–H groups in total. The van der Waals surface area contributed by atoms with Gasteiger partial charge in [-0.1, -0.05) is 23.1 Å². The van der Waals surface area contributed by atoms with E-state index >= 15 is 0 Å². The van der Waals surface area contributed by atoms with Gasteiger partial charge in [0.05, 0.1) is 5.75 Å². The fourth-order valence-electron chi connectivity index (χ4n) is 2.45. The van der Waals surface area contributed by atoms with Gasteiger partial charge >= 0.3 is 0 Å². The van der Waals surface area contributed by atoms with E-state index in [1.165, 1.54) is 23.1 Å². The minimum Gasteiger partial charge on any atom is -0.374 e. The Morgan fingerprint density at radius 1 is 1.57 bits per heavy atom. The number of piperidine rings is 1. The van der Waals surface area contributed by atoms with E-state index < -0.39 is 0 Å². The van der Waals surface area contributed by atoms with Gasteiger partial charge in [-0.2, -0.15) is 5.10 Å². The smallest absolute Gasteiger partial charge is 0.233 e. The van der Waals surface area contributed by atoms with Crippen LogP contribution in [0, 0.1) is 0 Å². The minimum absolute atomic E-state index is 0.137. The van der Waals surface area contributed by atoms with E-state index in [0.717, 1.165) is 36.0 Å². The molecule has 0 unspecified atom stereocenters. The van der Waals surface area contributed by atoms with Crippen molar-refractivity contribution in [3.05, 3.63) is 18.0 Å². The Balaban J connectivity index is 1.54. The number of hydrogen-bond acceptors (Lipinski definition) is 7. The molecule has 3 rings (SSSR count). The molecule has 0 radical (unpaired) electrons. The number of nitrogens with two attached hydrogens (primary N) is 1. The zero-order valence-corrected chi connectivity index (χ0v) is 13.0. The monoisotopic (exact) mass is 324 g/mol. The second-order valence-corrected chi connectivity index (χ2v) is 7.12. The molecule has 112 valence electrons. The van der Waals surface area contributed by atoms with Gasteiger partial charge < -0.3 is 10.6 Å². The molecule has 0 aromatic carbocycles. The number of aromatic nitrogens is 4. The zero-order valence-electron chi connectivity index (χ0n) is 11.4. The number of nitrogens with one attached hydrogen (secondary N) is 1. The van der Waals surface area contributed by atoms with Crippen LogP contribution in [0.1, 0.15) is 24.5 Å². The highest BCUT2D eigenvalue weighted by molar-refractivity contribution is 8.01.